The Labute approximate surface area is 105 Å². The van der Waals surface area contributed by atoms with Crippen molar-refractivity contribution in [2.45, 2.75) is 34.3 Å². The number of benzene rings is 1. The summed E-state index contributed by atoms with van der Waals surface area (Å²) in [6.07, 6.45) is 0. The fraction of sp³-hybridized carbons (Fsp3) is 0.600. The highest BCUT2D eigenvalue weighted by molar-refractivity contribution is 5.13. The lowest BCUT2D eigenvalue weighted by Crippen LogP contribution is -2.29. The molecule has 0 unspecified atom stereocenters. The molecule has 0 spiro atoms. The predicted octanol–water partition coefficient (Wildman–Crippen LogP) is 3.64. The minimum Gasteiger partial charge on any atom is -0.297 e. The summed E-state index contributed by atoms with van der Waals surface area (Å²) in [5, 5.41) is 0. The van der Waals surface area contributed by atoms with Crippen LogP contribution in [0.5, 0.6) is 0 Å². The molecule has 0 amide bonds. The van der Waals surface area contributed by atoms with Gasteiger partial charge < -0.3 is 0 Å². The lowest BCUT2D eigenvalue weighted by Gasteiger charge is -2.24. The van der Waals surface area contributed by atoms with Gasteiger partial charge in [0, 0.05) is 6.54 Å². The summed E-state index contributed by atoms with van der Waals surface area (Å²) in [5.74, 6) is 2.02. The first-order chi connectivity index (χ1) is 8.11. The number of hydrogen-bond donors (Lipinski definition) is 1. The number of nitrogens with one attached hydrogen (secondary N) is 1. The molecule has 1 rings (SSSR count). The maximum absolute atomic E-state index is 5.50. The van der Waals surface area contributed by atoms with E-state index in [4.69, 9.17) is 4.84 Å². The third-order valence-corrected chi connectivity index (χ3v) is 3.22. The Morgan fingerprint density at radius 1 is 1.00 bits per heavy atom. The molecule has 0 saturated carbocycles. The van der Waals surface area contributed by atoms with Crippen molar-refractivity contribution in [3.63, 3.8) is 0 Å². The number of hydrogen-bond acceptors (Lipinski definition) is 2. The maximum atomic E-state index is 5.50. The van der Waals surface area contributed by atoms with Crippen molar-refractivity contribution >= 4 is 0 Å². The molecule has 2 nitrogen and oxygen atoms in total. The summed E-state index contributed by atoms with van der Waals surface area (Å²) in [6.45, 7) is 10.6. The molecule has 0 aliphatic heterocycles. The Balaban J connectivity index is 2.23. The molecule has 17 heavy (non-hydrogen) atoms. The van der Waals surface area contributed by atoms with Crippen molar-refractivity contribution in [1.82, 2.24) is 5.48 Å². The van der Waals surface area contributed by atoms with Crippen molar-refractivity contribution in [1.29, 1.82) is 0 Å². The fourth-order valence-electron chi connectivity index (χ4n) is 2.10. The minimum atomic E-state index is 0.629. The topological polar surface area (TPSA) is 21.3 Å². The van der Waals surface area contributed by atoms with Crippen LogP contribution in [-0.2, 0) is 11.4 Å². The van der Waals surface area contributed by atoms with Crippen molar-refractivity contribution in [3.05, 3.63) is 35.9 Å². The second kappa shape index (κ2) is 7.46. The summed E-state index contributed by atoms with van der Waals surface area (Å²) in [7, 11) is 0. The second-order valence-corrected chi connectivity index (χ2v) is 5.27. The van der Waals surface area contributed by atoms with Crippen LogP contribution in [0.2, 0.25) is 0 Å². The summed E-state index contributed by atoms with van der Waals surface area (Å²) in [4.78, 5) is 5.50. The van der Waals surface area contributed by atoms with Gasteiger partial charge in [-0.2, -0.15) is 0 Å². The lowest BCUT2D eigenvalue weighted by molar-refractivity contribution is 0.0105. The van der Waals surface area contributed by atoms with E-state index in [2.05, 4.69) is 45.3 Å². The molecule has 0 bridgehead atoms. The first-order valence-corrected chi connectivity index (χ1v) is 6.49. The van der Waals surface area contributed by atoms with Crippen LogP contribution in [-0.4, -0.2) is 6.54 Å². The number of rotatable bonds is 7. The van der Waals surface area contributed by atoms with Gasteiger partial charge in [0.05, 0.1) is 6.61 Å². The molecule has 0 aliphatic rings. The first-order valence-electron chi connectivity index (χ1n) is 6.49. The van der Waals surface area contributed by atoms with Crippen LogP contribution in [0.4, 0.5) is 0 Å². The Bertz CT molecular complexity index is 287. The van der Waals surface area contributed by atoms with E-state index in [-0.39, 0.29) is 0 Å². The van der Waals surface area contributed by atoms with Crippen molar-refractivity contribution in [3.8, 4) is 0 Å². The average molecular weight is 235 g/mol. The van der Waals surface area contributed by atoms with E-state index in [1.165, 1.54) is 5.56 Å². The molecule has 0 atom stereocenters. The van der Waals surface area contributed by atoms with Gasteiger partial charge in [-0.25, -0.2) is 5.48 Å². The van der Waals surface area contributed by atoms with E-state index >= 15 is 0 Å². The van der Waals surface area contributed by atoms with Gasteiger partial charge in [-0.15, -0.1) is 0 Å². The van der Waals surface area contributed by atoms with Gasteiger partial charge in [0.25, 0.3) is 0 Å². The van der Waals surface area contributed by atoms with Crippen LogP contribution in [0.15, 0.2) is 30.3 Å². The predicted molar refractivity (Wildman–Crippen MR) is 72.4 cm³/mol. The van der Waals surface area contributed by atoms with Crippen LogP contribution in [0.1, 0.15) is 33.3 Å². The summed E-state index contributed by atoms with van der Waals surface area (Å²) in [5.41, 5.74) is 4.30. The van der Waals surface area contributed by atoms with Gasteiger partial charge in [0.1, 0.15) is 0 Å². The second-order valence-electron chi connectivity index (χ2n) is 5.27. The minimum absolute atomic E-state index is 0.629. The molecule has 0 aromatic heterocycles. The van der Waals surface area contributed by atoms with E-state index < -0.39 is 0 Å². The molecular formula is C15H25NO. The molecular weight excluding hydrogens is 210 g/mol. The van der Waals surface area contributed by atoms with Gasteiger partial charge >= 0.3 is 0 Å². The highest BCUT2D eigenvalue weighted by atomic mass is 16.6. The van der Waals surface area contributed by atoms with Gasteiger partial charge in [-0.1, -0.05) is 58.0 Å². The van der Waals surface area contributed by atoms with Crippen LogP contribution in [0, 0.1) is 17.8 Å². The molecule has 0 radical (unpaired) electrons. The van der Waals surface area contributed by atoms with E-state index in [0.717, 1.165) is 6.54 Å². The summed E-state index contributed by atoms with van der Waals surface area (Å²) < 4.78 is 0. The van der Waals surface area contributed by atoms with Crippen molar-refractivity contribution in [2.75, 3.05) is 6.54 Å². The van der Waals surface area contributed by atoms with E-state index in [9.17, 15) is 0 Å². The molecule has 96 valence electrons. The van der Waals surface area contributed by atoms with Crippen LogP contribution in [0.25, 0.3) is 0 Å². The average Bonchev–Trinajstić information content (AvgIpc) is 2.29. The molecule has 0 heterocycles. The largest absolute Gasteiger partial charge is 0.297 e. The Hall–Kier alpha value is -0.860. The van der Waals surface area contributed by atoms with E-state index in [0.29, 0.717) is 24.4 Å². The normalized spacial score (nSPS) is 11.7. The smallest absolute Gasteiger partial charge is 0.0933 e. The standard InChI is InChI=1S/C15H25NO/c1-12(2)15(13(3)4)10-16-17-11-14-8-6-5-7-9-14/h5-9,12-13,15-16H,10-11H2,1-4H3. The quantitative estimate of drug-likeness (QED) is 0.575. The zero-order valence-corrected chi connectivity index (χ0v) is 11.4. The zero-order chi connectivity index (χ0) is 12.7. The number of hydroxylamine groups is 1. The Kier molecular flexibility index (Phi) is 6.23. The van der Waals surface area contributed by atoms with Crippen LogP contribution < -0.4 is 5.48 Å². The van der Waals surface area contributed by atoms with Gasteiger partial charge in [0.2, 0.25) is 0 Å². The van der Waals surface area contributed by atoms with Gasteiger partial charge in [-0.3, -0.25) is 4.84 Å². The third-order valence-electron chi connectivity index (χ3n) is 3.22. The highest BCUT2D eigenvalue weighted by Crippen LogP contribution is 2.19. The van der Waals surface area contributed by atoms with E-state index in [1.807, 2.05) is 18.2 Å². The Morgan fingerprint density at radius 2 is 1.59 bits per heavy atom. The Morgan fingerprint density at radius 3 is 2.12 bits per heavy atom. The molecule has 1 aromatic rings. The SMILES string of the molecule is CC(C)C(CNOCc1ccccc1)C(C)C. The summed E-state index contributed by atoms with van der Waals surface area (Å²) in [6, 6.07) is 10.2. The van der Waals surface area contributed by atoms with Crippen molar-refractivity contribution in [2.24, 2.45) is 17.8 Å². The molecule has 0 saturated heterocycles. The maximum Gasteiger partial charge on any atom is 0.0933 e. The fourth-order valence-corrected chi connectivity index (χ4v) is 2.10. The summed E-state index contributed by atoms with van der Waals surface area (Å²) >= 11 is 0. The first kappa shape index (κ1) is 14.2. The molecule has 1 N–H and O–H groups in total. The van der Waals surface area contributed by atoms with Crippen LogP contribution in [0.3, 0.4) is 0 Å². The van der Waals surface area contributed by atoms with Crippen molar-refractivity contribution < 1.29 is 4.84 Å². The van der Waals surface area contributed by atoms with Gasteiger partial charge in [0.15, 0.2) is 0 Å². The molecule has 0 aliphatic carbocycles. The van der Waals surface area contributed by atoms with Gasteiger partial charge in [-0.05, 0) is 23.3 Å². The molecule has 0 fully saturated rings. The lowest BCUT2D eigenvalue weighted by atomic mass is 9.86. The third kappa shape index (κ3) is 5.33. The van der Waals surface area contributed by atoms with E-state index in [1.54, 1.807) is 0 Å². The zero-order valence-electron chi connectivity index (χ0n) is 11.4. The van der Waals surface area contributed by atoms with Crippen LogP contribution >= 0.6 is 0 Å². The molecule has 2 heteroatoms. The molecule has 1 aromatic carbocycles. The highest BCUT2D eigenvalue weighted by Gasteiger charge is 2.16. The monoisotopic (exact) mass is 235 g/mol.